The van der Waals surface area contributed by atoms with Crippen LogP contribution < -0.4 is 0 Å². The molecule has 1 N–H and O–H groups in total. The molecule has 2 unspecified atom stereocenters. The van der Waals surface area contributed by atoms with E-state index >= 15 is 0 Å². The van der Waals surface area contributed by atoms with Crippen molar-refractivity contribution in [3.63, 3.8) is 0 Å². The molecule has 0 saturated carbocycles. The molecule has 9 heavy (non-hydrogen) atoms. The molecule has 0 spiro atoms. The van der Waals surface area contributed by atoms with E-state index in [0.29, 0.717) is 0 Å². The van der Waals surface area contributed by atoms with Crippen molar-refractivity contribution in [2.75, 3.05) is 0 Å². The summed E-state index contributed by atoms with van der Waals surface area (Å²) in [4.78, 5) is 0. The Morgan fingerprint density at radius 3 is 2.33 bits per heavy atom. The monoisotopic (exact) mass is 129 g/mol. The molecule has 55 valence electrons. The van der Waals surface area contributed by atoms with E-state index in [2.05, 4.69) is 13.8 Å². The lowest BCUT2D eigenvalue weighted by Gasteiger charge is -2.15. The molecule has 1 radical (unpaired) electrons. The van der Waals surface area contributed by atoms with E-state index in [9.17, 15) is 5.11 Å². The average Bonchev–Trinajstić information content (AvgIpc) is 1.87. The molecule has 0 aromatic heterocycles. The van der Waals surface area contributed by atoms with Crippen molar-refractivity contribution in [3.8, 4) is 0 Å². The smallest absolute Gasteiger partial charge is 0.0565 e. The zero-order valence-electron chi connectivity index (χ0n) is 6.43. The van der Waals surface area contributed by atoms with Gasteiger partial charge in [0.1, 0.15) is 0 Å². The van der Waals surface area contributed by atoms with Gasteiger partial charge in [-0.15, -0.1) is 0 Å². The second kappa shape index (κ2) is 4.80. The van der Waals surface area contributed by atoms with Crippen LogP contribution in [0.3, 0.4) is 0 Å². The fourth-order valence-corrected chi connectivity index (χ4v) is 0.897. The molecule has 0 saturated heterocycles. The normalized spacial score (nSPS) is 17.3. The summed E-state index contributed by atoms with van der Waals surface area (Å²) in [6, 6.07) is 0. The van der Waals surface area contributed by atoms with Crippen LogP contribution >= 0.6 is 0 Å². The van der Waals surface area contributed by atoms with Crippen LogP contribution in [0.2, 0.25) is 0 Å². The van der Waals surface area contributed by atoms with E-state index in [1.54, 1.807) is 0 Å². The van der Waals surface area contributed by atoms with Gasteiger partial charge in [-0.25, -0.2) is 0 Å². The van der Waals surface area contributed by atoms with Crippen LogP contribution in [0.15, 0.2) is 0 Å². The predicted octanol–water partition coefficient (Wildman–Crippen LogP) is 2.01. The molecule has 0 rings (SSSR count). The summed E-state index contributed by atoms with van der Waals surface area (Å²) in [5.41, 5.74) is 0. The van der Waals surface area contributed by atoms with Gasteiger partial charge in [0, 0.05) is 0 Å². The van der Waals surface area contributed by atoms with Crippen LogP contribution in [0.5, 0.6) is 0 Å². The van der Waals surface area contributed by atoms with Gasteiger partial charge in [0.15, 0.2) is 0 Å². The minimum atomic E-state index is -0.190. The Hall–Kier alpha value is -0.0400. The minimum Gasteiger partial charge on any atom is -0.393 e. The minimum absolute atomic E-state index is 0.190. The fraction of sp³-hybridized carbons (Fsp3) is 0.875. The summed E-state index contributed by atoms with van der Waals surface area (Å²) in [7, 11) is 0. The summed E-state index contributed by atoms with van der Waals surface area (Å²) in [5.74, 6) is 0.236. The number of hydrogen-bond donors (Lipinski definition) is 1. The Bertz CT molecular complexity index is 61.6. The number of aliphatic hydroxyl groups excluding tert-OH is 1. The van der Waals surface area contributed by atoms with Gasteiger partial charge in [-0.3, -0.25) is 0 Å². The quantitative estimate of drug-likeness (QED) is 0.615. The molecule has 0 amide bonds. The van der Waals surface area contributed by atoms with Gasteiger partial charge in [0.2, 0.25) is 0 Å². The van der Waals surface area contributed by atoms with Crippen molar-refractivity contribution in [2.45, 2.75) is 39.2 Å². The SMILES string of the molecule is [CH2]C(CCC)C(O)CC. The van der Waals surface area contributed by atoms with Crippen LogP contribution in [0.25, 0.3) is 0 Å². The summed E-state index contributed by atoms with van der Waals surface area (Å²) in [5, 5.41) is 9.20. The van der Waals surface area contributed by atoms with Crippen molar-refractivity contribution < 1.29 is 5.11 Å². The van der Waals surface area contributed by atoms with E-state index in [-0.39, 0.29) is 12.0 Å². The molecule has 0 aromatic rings. The van der Waals surface area contributed by atoms with Gasteiger partial charge < -0.3 is 5.11 Å². The van der Waals surface area contributed by atoms with Crippen LogP contribution in [-0.4, -0.2) is 11.2 Å². The Morgan fingerprint density at radius 2 is 2.00 bits per heavy atom. The second-order valence-corrected chi connectivity index (χ2v) is 2.52. The first kappa shape index (κ1) is 8.96. The first-order valence-corrected chi connectivity index (χ1v) is 3.73. The summed E-state index contributed by atoms with van der Waals surface area (Å²) in [6.45, 7) is 7.94. The highest BCUT2D eigenvalue weighted by Crippen LogP contribution is 2.11. The Labute approximate surface area is 58.1 Å². The standard InChI is InChI=1S/C8H17O/c1-4-6-7(3)8(9)5-2/h7-9H,3-6H2,1-2H3. The highest BCUT2D eigenvalue weighted by Gasteiger charge is 2.09. The molecule has 0 fully saturated rings. The van der Waals surface area contributed by atoms with Crippen molar-refractivity contribution in [1.29, 1.82) is 0 Å². The molecule has 0 aliphatic carbocycles. The highest BCUT2D eigenvalue weighted by atomic mass is 16.3. The zero-order chi connectivity index (χ0) is 7.28. The Kier molecular flexibility index (Phi) is 4.78. The molecular weight excluding hydrogens is 112 g/mol. The molecule has 2 atom stereocenters. The third-order valence-electron chi connectivity index (χ3n) is 1.62. The van der Waals surface area contributed by atoms with E-state index in [0.717, 1.165) is 19.3 Å². The molecule has 1 nitrogen and oxygen atoms in total. The van der Waals surface area contributed by atoms with Gasteiger partial charge in [-0.2, -0.15) is 0 Å². The number of aliphatic hydroxyl groups is 1. The maximum atomic E-state index is 9.20. The zero-order valence-corrected chi connectivity index (χ0v) is 6.43. The van der Waals surface area contributed by atoms with Crippen molar-refractivity contribution in [3.05, 3.63) is 6.92 Å². The fourth-order valence-electron chi connectivity index (χ4n) is 0.897. The third-order valence-corrected chi connectivity index (χ3v) is 1.62. The van der Waals surface area contributed by atoms with E-state index < -0.39 is 0 Å². The molecular formula is C8H17O. The van der Waals surface area contributed by atoms with Crippen LogP contribution in [0.1, 0.15) is 33.1 Å². The maximum absolute atomic E-state index is 9.20. The largest absolute Gasteiger partial charge is 0.393 e. The molecule has 1 heteroatoms. The number of hydrogen-bond acceptors (Lipinski definition) is 1. The molecule has 0 aliphatic rings. The highest BCUT2D eigenvalue weighted by molar-refractivity contribution is 4.68. The summed E-state index contributed by atoms with van der Waals surface area (Å²) >= 11 is 0. The summed E-state index contributed by atoms with van der Waals surface area (Å²) in [6.07, 6.45) is 2.79. The van der Waals surface area contributed by atoms with Crippen molar-refractivity contribution >= 4 is 0 Å². The first-order valence-electron chi connectivity index (χ1n) is 3.73. The lowest BCUT2D eigenvalue weighted by Crippen LogP contribution is -2.15. The predicted molar refractivity (Wildman–Crippen MR) is 40.1 cm³/mol. The summed E-state index contributed by atoms with van der Waals surface area (Å²) < 4.78 is 0. The first-order chi connectivity index (χ1) is 4.22. The molecule has 0 aromatic carbocycles. The molecule has 0 heterocycles. The van der Waals surface area contributed by atoms with Gasteiger partial charge in [-0.05, 0) is 25.7 Å². The van der Waals surface area contributed by atoms with Crippen LogP contribution in [-0.2, 0) is 0 Å². The van der Waals surface area contributed by atoms with Gasteiger partial charge in [0.05, 0.1) is 6.10 Å². The maximum Gasteiger partial charge on any atom is 0.0565 e. The van der Waals surface area contributed by atoms with E-state index in [1.807, 2.05) is 6.92 Å². The Morgan fingerprint density at radius 1 is 1.44 bits per heavy atom. The van der Waals surface area contributed by atoms with E-state index in [1.165, 1.54) is 0 Å². The van der Waals surface area contributed by atoms with Gasteiger partial charge >= 0.3 is 0 Å². The average molecular weight is 129 g/mol. The number of rotatable bonds is 4. The van der Waals surface area contributed by atoms with Gasteiger partial charge in [-0.1, -0.05) is 20.3 Å². The van der Waals surface area contributed by atoms with Crippen LogP contribution in [0.4, 0.5) is 0 Å². The van der Waals surface area contributed by atoms with Crippen molar-refractivity contribution in [2.24, 2.45) is 5.92 Å². The molecule has 0 bridgehead atoms. The Balaban J connectivity index is 3.32. The lowest BCUT2D eigenvalue weighted by molar-refractivity contribution is 0.120. The topological polar surface area (TPSA) is 20.2 Å². The lowest BCUT2D eigenvalue weighted by atomic mass is 9.98. The van der Waals surface area contributed by atoms with Gasteiger partial charge in [0.25, 0.3) is 0 Å². The molecule has 0 aliphatic heterocycles. The van der Waals surface area contributed by atoms with Crippen molar-refractivity contribution in [1.82, 2.24) is 0 Å². The van der Waals surface area contributed by atoms with Crippen LogP contribution in [0, 0.1) is 12.8 Å². The van der Waals surface area contributed by atoms with E-state index in [4.69, 9.17) is 0 Å². The third kappa shape index (κ3) is 3.52. The second-order valence-electron chi connectivity index (χ2n) is 2.52.